The predicted molar refractivity (Wildman–Crippen MR) is 139 cm³/mol. The molecule has 0 bridgehead atoms. The molecular formula is C30H34F4O3. The van der Waals surface area contributed by atoms with Crippen LogP contribution < -0.4 is 4.74 Å². The fourth-order valence-corrected chi connectivity index (χ4v) is 3.96. The molecule has 0 amide bonds. The van der Waals surface area contributed by atoms with Gasteiger partial charge < -0.3 is 9.47 Å². The molecule has 7 heteroatoms. The summed E-state index contributed by atoms with van der Waals surface area (Å²) in [7, 11) is 0. The van der Waals surface area contributed by atoms with E-state index in [0.29, 0.717) is 24.8 Å². The molecule has 0 aromatic heterocycles. The highest BCUT2D eigenvalue weighted by atomic mass is 19.4. The Bertz CT molecular complexity index is 1160. The van der Waals surface area contributed by atoms with Gasteiger partial charge in [-0.2, -0.15) is 13.2 Å². The van der Waals surface area contributed by atoms with Crippen LogP contribution in [0.15, 0.2) is 66.3 Å². The van der Waals surface area contributed by atoms with Gasteiger partial charge in [-0.15, -0.1) is 0 Å². The molecule has 0 heterocycles. The Morgan fingerprint density at radius 3 is 2.41 bits per heavy atom. The van der Waals surface area contributed by atoms with Gasteiger partial charge in [0.1, 0.15) is 18.2 Å². The van der Waals surface area contributed by atoms with Crippen molar-refractivity contribution >= 4 is 11.5 Å². The molecule has 1 aliphatic carbocycles. The van der Waals surface area contributed by atoms with Gasteiger partial charge in [-0.3, -0.25) is 4.79 Å². The van der Waals surface area contributed by atoms with Crippen molar-refractivity contribution in [2.24, 2.45) is 0 Å². The predicted octanol–water partition coefficient (Wildman–Crippen LogP) is 8.76. The number of halogens is 4. The van der Waals surface area contributed by atoms with E-state index in [1.165, 1.54) is 5.57 Å². The highest BCUT2D eigenvalue weighted by Gasteiger charge is 2.31. The van der Waals surface area contributed by atoms with Gasteiger partial charge >= 0.3 is 12.1 Å². The van der Waals surface area contributed by atoms with E-state index < -0.39 is 17.6 Å². The Balaban J connectivity index is 0.000000604. The molecule has 0 radical (unpaired) electrons. The SMILES string of the molecule is C=C(/C=C\C)C1=C(c2cc(C)ccc2OCc2ccc(C(F)(F)F)cc2F)CCC1.CCOC(=O)CC. The fourth-order valence-electron chi connectivity index (χ4n) is 3.96. The van der Waals surface area contributed by atoms with Crippen molar-refractivity contribution < 1.29 is 31.8 Å². The number of rotatable bonds is 8. The zero-order valence-electron chi connectivity index (χ0n) is 21.8. The molecule has 0 fully saturated rings. The number of ether oxygens (including phenoxy) is 2. The van der Waals surface area contributed by atoms with Crippen LogP contribution in [0, 0.1) is 12.7 Å². The molecule has 3 nitrogen and oxygen atoms in total. The average Bonchev–Trinajstić information content (AvgIpc) is 3.34. The van der Waals surface area contributed by atoms with Crippen LogP contribution in [0.2, 0.25) is 0 Å². The quantitative estimate of drug-likeness (QED) is 0.199. The van der Waals surface area contributed by atoms with E-state index in [0.717, 1.165) is 53.7 Å². The number of hydrogen-bond donors (Lipinski definition) is 0. The van der Waals surface area contributed by atoms with Crippen LogP contribution in [0.5, 0.6) is 5.75 Å². The summed E-state index contributed by atoms with van der Waals surface area (Å²) in [4.78, 5) is 10.2. The van der Waals surface area contributed by atoms with Gasteiger partial charge in [0.05, 0.1) is 12.2 Å². The monoisotopic (exact) mass is 518 g/mol. The third-order valence-corrected chi connectivity index (χ3v) is 5.79. The average molecular weight is 519 g/mol. The molecular weight excluding hydrogens is 484 g/mol. The van der Waals surface area contributed by atoms with Gasteiger partial charge in [0.15, 0.2) is 0 Å². The Morgan fingerprint density at radius 2 is 1.84 bits per heavy atom. The lowest BCUT2D eigenvalue weighted by Crippen LogP contribution is -2.07. The molecule has 0 saturated carbocycles. The molecule has 0 aliphatic heterocycles. The minimum Gasteiger partial charge on any atom is -0.488 e. The number of carbonyl (C=O) groups is 1. The molecule has 0 spiro atoms. The Morgan fingerprint density at radius 1 is 1.11 bits per heavy atom. The first-order valence-corrected chi connectivity index (χ1v) is 12.3. The topological polar surface area (TPSA) is 35.5 Å². The molecule has 0 N–H and O–H groups in total. The summed E-state index contributed by atoms with van der Waals surface area (Å²) in [5.41, 5.74) is 4.37. The highest BCUT2D eigenvalue weighted by molar-refractivity contribution is 5.79. The largest absolute Gasteiger partial charge is 0.488 e. The molecule has 2 aromatic carbocycles. The number of carbonyl (C=O) groups excluding carboxylic acids is 1. The first kappa shape index (κ1) is 29.9. The van der Waals surface area contributed by atoms with Gasteiger partial charge in [0.25, 0.3) is 0 Å². The van der Waals surface area contributed by atoms with Crippen LogP contribution in [0.25, 0.3) is 5.57 Å². The minimum absolute atomic E-state index is 0.0773. The smallest absolute Gasteiger partial charge is 0.416 e. The minimum atomic E-state index is -4.58. The lowest BCUT2D eigenvalue weighted by molar-refractivity contribution is -0.142. The molecule has 37 heavy (non-hydrogen) atoms. The van der Waals surface area contributed by atoms with Crippen molar-refractivity contribution in [3.8, 4) is 5.75 Å². The summed E-state index contributed by atoms with van der Waals surface area (Å²) in [5.74, 6) is -0.467. The summed E-state index contributed by atoms with van der Waals surface area (Å²) in [6.07, 6.45) is 2.67. The highest BCUT2D eigenvalue weighted by Crippen LogP contribution is 2.41. The van der Waals surface area contributed by atoms with Crippen LogP contribution in [-0.4, -0.2) is 12.6 Å². The van der Waals surface area contributed by atoms with Crippen LogP contribution in [0.3, 0.4) is 0 Å². The lowest BCUT2D eigenvalue weighted by Gasteiger charge is -2.16. The van der Waals surface area contributed by atoms with Crippen molar-refractivity contribution in [3.63, 3.8) is 0 Å². The maximum absolute atomic E-state index is 14.2. The van der Waals surface area contributed by atoms with Gasteiger partial charge in [0, 0.05) is 17.5 Å². The summed E-state index contributed by atoms with van der Waals surface area (Å²) < 4.78 is 62.9. The van der Waals surface area contributed by atoms with Gasteiger partial charge in [-0.1, -0.05) is 43.4 Å². The Hall–Kier alpha value is -3.35. The zero-order chi connectivity index (χ0) is 27.6. The number of hydrogen-bond acceptors (Lipinski definition) is 3. The third kappa shape index (κ3) is 8.62. The molecule has 0 atom stereocenters. The van der Waals surface area contributed by atoms with E-state index in [-0.39, 0.29) is 18.1 Å². The molecule has 200 valence electrons. The summed E-state index contributed by atoms with van der Waals surface area (Å²) >= 11 is 0. The Labute approximate surface area is 216 Å². The number of aryl methyl sites for hydroxylation is 1. The van der Waals surface area contributed by atoms with Crippen molar-refractivity contribution in [1.82, 2.24) is 0 Å². The van der Waals surface area contributed by atoms with Crippen LogP contribution in [0.1, 0.15) is 68.7 Å². The van der Waals surface area contributed by atoms with Crippen LogP contribution in [0.4, 0.5) is 17.6 Å². The molecule has 3 rings (SSSR count). The van der Waals surface area contributed by atoms with Crippen molar-refractivity contribution in [2.75, 3.05) is 6.61 Å². The van der Waals surface area contributed by atoms with Crippen molar-refractivity contribution in [1.29, 1.82) is 0 Å². The lowest BCUT2D eigenvalue weighted by atomic mass is 9.95. The number of benzene rings is 2. The van der Waals surface area contributed by atoms with Crippen molar-refractivity contribution in [3.05, 3.63) is 94.3 Å². The van der Waals surface area contributed by atoms with Gasteiger partial charge in [0.2, 0.25) is 0 Å². The summed E-state index contributed by atoms with van der Waals surface area (Å²) in [5, 5.41) is 0. The molecule has 2 aromatic rings. The molecule has 0 saturated heterocycles. The maximum atomic E-state index is 14.2. The van der Waals surface area contributed by atoms with Crippen LogP contribution in [-0.2, 0) is 22.3 Å². The number of esters is 1. The first-order valence-electron chi connectivity index (χ1n) is 12.3. The standard InChI is InChI=1S/C25H24F4O.C5H10O2/c1-4-6-17(3)20-7-5-8-21(20)22-13-16(2)9-12-24(22)30-15-18-10-11-19(14-23(18)26)25(27,28)29;1-3-5(6)7-4-2/h4,6,9-14H,3,5,7-8,15H2,1-2H3;3-4H2,1-2H3/b6-4-;. The summed E-state index contributed by atoms with van der Waals surface area (Å²) in [6, 6.07) is 8.26. The van der Waals surface area contributed by atoms with E-state index in [4.69, 9.17) is 4.74 Å². The second kappa shape index (κ2) is 13.8. The maximum Gasteiger partial charge on any atom is 0.416 e. The van der Waals surface area contributed by atoms with Crippen LogP contribution >= 0.6 is 0 Å². The van der Waals surface area contributed by atoms with E-state index in [1.807, 2.05) is 44.2 Å². The van der Waals surface area contributed by atoms with Gasteiger partial charge in [-0.25, -0.2) is 4.39 Å². The number of alkyl halides is 3. The molecule has 0 unspecified atom stereocenters. The first-order chi connectivity index (χ1) is 17.5. The second-order valence-electron chi connectivity index (χ2n) is 8.59. The van der Waals surface area contributed by atoms with E-state index in [9.17, 15) is 22.4 Å². The third-order valence-electron chi connectivity index (χ3n) is 5.79. The Kier molecular flexibility index (Phi) is 11.2. The van der Waals surface area contributed by atoms with Crippen molar-refractivity contribution in [2.45, 2.75) is 66.2 Å². The number of allylic oxidation sites excluding steroid dienone is 5. The summed E-state index contributed by atoms with van der Waals surface area (Å²) in [6.45, 7) is 12.0. The second-order valence-corrected chi connectivity index (χ2v) is 8.59. The zero-order valence-corrected chi connectivity index (χ0v) is 21.8. The van der Waals surface area contributed by atoms with E-state index in [1.54, 1.807) is 13.8 Å². The van der Waals surface area contributed by atoms with E-state index >= 15 is 0 Å². The van der Waals surface area contributed by atoms with Gasteiger partial charge in [-0.05, 0) is 81.0 Å². The molecule has 1 aliphatic rings. The normalized spacial score (nSPS) is 13.4. The van der Waals surface area contributed by atoms with E-state index in [2.05, 4.69) is 11.3 Å². The fraction of sp³-hybridized carbons (Fsp3) is 0.367.